The molecule has 0 atom stereocenters. The molecular weight excluding hydrogens is 334 g/mol. The summed E-state index contributed by atoms with van der Waals surface area (Å²) in [6, 6.07) is 5.74. The molecule has 3 heterocycles. The van der Waals surface area contributed by atoms with Gasteiger partial charge in [0.25, 0.3) is 0 Å². The molecule has 0 aliphatic heterocycles. The van der Waals surface area contributed by atoms with Gasteiger partial charge in [0.1, 0.15) is 5.82 Å². The van der Waals surface area contributed by atoms with E-state index in [0.717, 1.165) is 17.7 Å². The zero-order chi connectivity index (χ0) is 17.6. The zero-order valence-corrected chi connectivity index (χ0v) is 15.2. The van der Waals surface area contributed by atoms with Crippen LogP contribution in [-0.2, 0) is 17.8 Å². The monoisotopic (exact) mass is 355 g/mol. The van der Waals surface area contributed by atoms with E-state index in [1.807, 2.05) is 22.4 Å². The Morgan fingerprint density at radius 2 is 2.08 bits per heavy atom. The third-order valence-electron chi connectivity index (χ3n) is 3.68. The topological polar surface area (TPSA) is 74.8 Å². The molecule has 3 aromatic rings. The SMILES string of the molecule is CC(C)CN(Cc1ccsc1)C(=O)Cc1nc(-c2ccncc2)n[nH]1. The molecule has 0 aromatic carbocycles. The summed E-state index contributed by atoms with van der Waals surface area (Å²) >= 11 is 1.65. The summed E-state index contributed by atoms with van der Waals surface area (Å²) in [5.74, 6) is 1.62. The van der Waals surface area contributed by atoms with Gasteiger partial charge in [0, 0.05) is 31.0 Å². The average molecular weight is 355 g/mol. The first-order valence-electron chi connectivity index (χ1n) is 8.22. The van der Waals surface area contributed by atoms with Gasteiger partial charge in [0.05, 0.1) is 6.42 Å². The van der Waals surface area contributed by atoms with Gasteiger partial charge in [0.15, 0.2) is 5.82 Å². The van der Waals surface area contributed by atoms with E-state index in [4.69, 9.17) is 0 Å². The average Bonchev–Trinajstić information content (AvgIpc) is 3.26. The highest BCUT2D eigenvalue weighted by atomic mass is 32.1. The highest BCUT2D eigenvalue weighted by molar-refractivity contribution is 7.07. The second-order valence-electron chi connectivity index (χ2n) is 6.32. The Hall–Kier alpha value is -2.54. The second-order valence-corrected chi connectivity index (χ2v) is 7.10. The Kier molecular flexibility index (Phi) is 5.55. The largest absolute Gasteiger partial charge is 0.338 e. The zero-order valence-electron chi connectivity index (χ0n) is 14.3. The minimum absolute atomic E-state index is 0.0531. The first kappa shape index (κ1) is 17.3. The number of nitrogens with zero attached hydrogens (tertiary/aromatic N) is 4. The number of carbonyl (C=O) groups excluding carboxylic acids is 1. The lowest BCUT2D eigenvalue weighted by Gasteiger charge is -2.24. The summed E-state index contributed by atoms with van der Waals surface area (Å²) in [6.45, 7) is 5.58. The third kappa shape index (κ3) is 4.73. The number of aromatic nitrogens is 4. The number of H-pyrrole nitrogens is 1. The van der Waals surface area contributed by atoms with Crippen molar-refractivity contribution in [2.24, 2.45) is 5.92 Å². The Morgan fingerprint density at radius 3 is 2.76 bits per heavy atom. The minimum Gasteiger partial charge on any atom is -0.338 e. The number of pyridine rings is 1. The van der Waals surface area contributed by atoms with Gasteiger partial charge in [-0.2, -0.15) is 16.4 Å². The van der Waals surface area contributed by atoms with Gasteiger partial charge in [-0.15, -0.1) is 0 Å². The van der Waals surface area contributed by atoms with E-state index < -0.39 is 0 Å². The van der Waals surface area contributed by atoms with E-state index in [2.05, 4.69) is 45.5 Å². The molecule has 6 nitrogen and oxygen atoms in total. The summed E-state index contributed by atoms with van der Waals surface area (Å²) in [5.41, 5.74) is 2.04. The maximum Gasteiger partial charge on any atom is 0.230 e. The molecule has 0 aliphatic carbocycles. The van der Waals surface area contributed by atoms with Crippen molar-refractivity contribution in [3.63, 3.8) is 0 Å². The van der Waals surface area contributed by atoms with Crippen molar-refractivity contribution in [2.75, 3.05) is 6.54 Å². The standard InChI is InChI=1S/C18H21N5OS/c1-13(2)10-23(11-14-5-8-25-12-14)17(24)9-16-20-18(22-21-16)15-3-6-19-7-4-15/h3-8,12-13H,9-11H2,1-2H3,(H,20,21,22). The van der Waals surface area contributed by atoms with E-state index >= 15 is 0 Å². The van der Waals surface area contributed by atoms with Crippen LogP contribution in [-0.4, -0.2) is 37.5 Å². The second kappa shape index (κ2) is 8.02. The fraction of sp³-hybridized carbons (Fsp3) is 0.333. The number of aromatic amines is 1. The molecule has 25 heavy (non-hydrogen) atoms. The van der Waals surface area contributed by atoms with Gasteiger partial charge in [-0.05, 0) is 40.4 Å². The van der Waals surface area contributed by atoms with Crippen molar-refractivity contribution in [1.82, 2.24) is 25.1 Å². The van der Waals surface area contributed by atoms with Crippen LogP contribution in [0.2, 0.25) is 0 Å². The molecule has 0 unspecified atom stereocenters. The molecule has 0 aliphatic rings. The van der Waals surface area contributed by atoms with Gasteiger partial charge >= 0.3 is 0 Å². The van der Waals surface area contributed by atoms with Gasteiger partial charge < -0.3 is 4.90 Å². The third-order valence-corrected chi connectivity index (χ3v) is 4.41. The smallest absolute Gasteiger partial charge is 0.230 e. The molecule has 1 amide bonds. The minimum atomic E-state index is 0.0531. The van der Waals surface area contributed by atoms with Crippen molar-refractivity contribution < 1.29 is 4.79 Å². The van der Waals surface area contributed by atoms with Crippen LogP contribution in [0.4, 0.5) is 0 Å². The molecule has 3 aromatic heterocycles. The molecule has 0 bridgehead atoms. The molecule has 0 fully saturated rings. The van der Waals surface area contributed by atoms with E-state index in [0.29, 0.717) is 24.1 Å². The summed E-state index contributed by atoms with van der Waals surface area (Å²) in [5, 5.41) is 11.2. The van der Waals surface area contributed by atoms with Crippen LogP contribution in [0.3, 0.4) is 0 Å². The maximum absolute atomic E-state index is 12.8. The summed E-state index contributed by atoms with van der Waals surface area (Å²) in [7, 11) is 0. The Morgan fingerprint density at radius 1 is 1.28 bits per heavy atom. The highest BCUT2D eigenvalue weighted by Crippen LogP contribution is 2.15. The first-order chi connectivity index (χ1) is 12.1. The molecule has 130 valence electrons. The fourth-order valence-corrected chi connectivity index (χ4v) is 3.22. The summed E-state index contributed by atoms with van der Waals surface area (Å²) in [6.07, 6.45) is 3.61. The van der Waals surface area contributed by atoms with Crippen LogP contribution >= 0.6 is 11.3 Å². The van der Waals surface area contributed by atoms with Gasteiger partial charge in [-0.3, -0.25) is 14.9 Å². The fourth-order valence-electron chi connectivity index (χ4n) is 2.56. The number of nitrogens with one attached hydrogen (secondary N) is 1. The molecule has 7 heteroatoms. The molecule has 3 rings (SSSR count). The molecule has 1 N–H and O–H groups in total. The van der Waals surface area contributed by atoms with Crippen molar-refractivity contribution in [3.05, 3.63) is 52.7 Å². The summed E-state index contributed by atoms with van der Waals surface area (Å²) < 4.78 is 0. The van der Waals surface area contributed by atoms with E-state index in [-0.39, 0.29) is 12.3 Å². The Balaban J connectivity index is 1.69. The Labute approximate surface area is 150 Å². The van der Waals surface area contributed by atoms with E-state index in [9.17, 15) is 4.79 Å². The van der Waals surface area contributed by atoms with Crippen LogP contribution < -0.4 is 0 Å². The lowest BCUT2D eigenvalue weighted by molar-refractivity contribution is -0.131. The van der Waals surface area contributed by atoms with E-state index in [1.165, 1.54) is 0 Å². The lowest BCUT2D eigenvalue weighted by atomic mass is 10.2. The molecular formula is C18H21N5OS. The number of rotatable bonds is 7. The predicted molar refractivity (Wildman–Crippen MR) is 97.9 cm³/mol. The highest BCUT2D eigenvalue weighted by Gasteiger charge is 2.18. The summed E-state index contributed by atoms with van der Waals surface area (Å²) in [4.78, 5) is 23.1. The number of thiophene rings is 1. The maximum atomic E-state index is 12.8. The molecule has 0 saturated carbocycles. The van der Waals surface area contributed by atoms with Crippen molar-refractivity contribution in [2.45, 2.75) is 26.8 Å². The number of amides is 1. The van der Waals surface area contributed by atoms with Gasteiger partial charge in [-0.25, -0.2) is 4.98 Å². The van der Waals surface area contributed by atoms with Crippen LogP contribution in [0, 0.1) is 5.92 Å². The van der Waals surface area contributed by atoms with Crippen molar-refractivity contribution in [1.29, 1.82) is 0 Å². The number of hydrogen-bond donors (Lipinski definition) is 1. The molecule has 0 radical (unpaired) electrons. The van der Waals surface area contributed by atoms with Crippen LogP contribution in [0.15, 0.2) is 41.4 Å². The van der Waals surface area contributed by atoms with Crippen LogP contribution in [0.25, 0.3) is 11.4 Å². The predicted octanol–water partition coefficient (Wildman–Crippen LogP) is 3.16. The van der Waals surface area contributed by atoms with Crippen LogP contribution in [0.5, 0.6) is 0 Å². The number of hydrogen-bond acceptors (Lipinski definition) is 5. The van der Waals surface area contributed by atoms with Crippen LogP contribution in [0.1, 0.15) is 25.2 Å². The first-order valence-corrected chi connectivity index (χ1v) is 9.16. The molecule has 0 saturated heterocycles. The van der Waals surface area contributed by atoms with Gasteiger partial charge in [-0.1, -0.05) is 13.8 Å². The van der Waals surface area contributed by atoms with Gasteiger partial charge in [0.2, 0.25) is 5.91 Å². The lowest BCUT2D eigenvalue weighted by Crippen LogP contribution is -2.35. The Bertz CT molecular complexity index is 798. The quantitative estimate of drug-likeness (QED) is 0.706. The van der Waals surface area contributed by atoms with Crippen molar-refractivity contribution in [3.8, 4) is 11.4 Å². The normalized spacial score (nSPS) is 11.0. The molecule has 0 spiro atoms. The van der Waals surface area contributed by atoms with E-state index in [1.54, 1.807) is 23.7 Å². The van der Waals surface area contributed by atoms with Crippen molar-refractivity contribution >= 4 is 17.2 Å². The number of carbonyl (C=O) groups is 1.